The minimum absolute atomic E-state index is 0.0329. The van der Waals surface area contributed by atoms with Crippen molar-refractivity contribution in [2.75, 3.05) is 32.8 Å². The normalized spacial score (nSPS) is 28.7. The van der Waals surface area contributed by atoms with E-state index in [-0.39, 0.29) is 11.4 Å². The van der Waals surface area contributed by atoms with Crippen LogP contribution in [0, 0.1) is 0 Å². The summed E-state index contributed by atoms with van der Waals surface area (Å²) in [7, 11) is 0. The summed E-state index contributed by atoms with van der Waals surface area (Å²) in [4.78, 5) is 28.5. The van der Waals surface area contributed by atoms with Crippen molar-refractivity contribution in [1.29, 1.82) is 0 Å². The Hall–Kier alpha value is -1.14. The summed E-state index contributed by atoms with van der Waals surface area (Å²) in [5, 5.41) is 9.41. The number of carbonyl (C=O) groups excluding carboxylic acids is 1. The van der Waals surface area contributed by atoms with Crippen molar-refractivity contribution < 1.29 is 19.4 Å². The third kappa shape index (κ3) is 3.53. The molecule has 0 spiro atoms. The van der Waals surface area contributed by atoms with E-state index in [4.69, 9.17) is 4.74 Å². The molecule has 1 unspecified atom stereocenters. The second kappa shape index (κ2) is 7.18. The lowest BCUT2D eigenvalue weighted by Gasteiger charge is -2.44. The molecule has 0 bridgehead atoms. The first-order chi connectivity index (χ1) is 11.1. The maximum atomic E-state index is 12.9. The summed E-state index contributed by atoms with van der Waals surface area (Å²) in [5.74, 6) is -0.824. The molecule has 0 radical (unpaired) electrons. The van der Waals surface area contributed by atoms with Crippen LogP contribution in [0.5, 0.6) is 0 Å². The monoisotopic (exact) mass is 324 g/mol. The number of morpholine rings is 1. The number of nitrogens with zero attached hydrogens (tertiary/aromatic N) is 2. The summed E-state index contributed by atoms with van der Waals surface area (Å²) >= 11 is 0. The highest BCUT2D eigenvalue weighted by Gasteiger charge is 2.44. The number of carboxylic acid groups (broad SMARTS) is 1. The molecule has 1 aliphatic carbocycles. The number of likely N-dealkylation sites (tertiary alicyclic amines) is 1. The lowest BCUT2D eigenvalue weighted by atomic mass is 9.88. The second-order valence-corrected chi connectivity index (χ2v) is 7.14. The van der Waals surface area contributed by atoms with E-state index in [2.05, 4.69) is 4.90 Å². The van der Waals surface area contributed by atoms with Gasteiger partial charge in [-0.15, -0.1) is 0 Å². The zero-order valence-corrected chi connectivity index (χ0v) is 13.8. The van der Waals surface area contributed by atoms with Crippen molar-refractivity contribution in [2.24, 2.45) is 0 Å². The molecule has 130 valence electrons. The third-order valence-electron chi connectivity index (χ3n) is 5.80. The smallest absolute Gasteiger partial charge is 0.326 e. The fourth-order valence-corrected chi connectivity index (χ4v) is 4.55. The molecule has 1 atom stereocenters. The van der Waals surface area contributed by atoms with Gasteiger partial charge >= 0.3 is 5.97 Å². The number of rotatable bonds is 4. The van der Waals surface area contributed by atoms with E-state index in [1.54, 1.807) is 4.90 Å². The molecule has 6 heteroatoms. The summed E-state index contributed by atoms with van der Waals surface area (Å²) in [6.07, 6.45) is 7.28. The number of carbonyl (C=O) groups is 2. The molecular formula is C17H28N2O4. The van der Waals surface area contributed by atoms with Crippen LogP contribution >= 0.6 is 0 Å². The van der Waals surface area contributed by atoms with Crippen molar-refractivity contribution in [3.8, 4) is 0 Å². The Morgan fingerprint density at radius 1 is 1.04 bits per heavy atom. The Morgan fingerprint density at radius 3 is 2.39 bits per heavy atom. The molecule has 1 amide bonds. The lowest BCUT2D eigenvalue weighted by molar-refractivity contribution is -0.153. The summed E-state index contributed by atoms with van der Waals surface area (Å²) in [6.45, 7) is 3.83. The Labute approximate surface area is 137 Å². The van der Waals surface area contributed by atoms with E-state index in [1.165, 1.54) is 0 Å². The molecule has 3 rings (SSSR count). The van der Waals surface area contributed by atoms with Gasteiger partial charge in [-0.05, 0) is 32.1 Å². The van der Waals surface area contributed by atoms with Crippen molar-refractivity contribution in [3.05, 3.63) is 0 Å². The van der Waals surface area contributed by atoms with Crippen LogP contribution in [0.15, 0.2) is 0 Å². The lowest BCUT2D eigenvalue weighted by Crippen LogP contribution is -2.56. The topological polar surface area (TPSA) is 70.1 Å². The SMILES string of the molecule is O=C(O)C1CCCCN1C(=O)CC1(N2CCOCC2)CCCC1. The molecule has 3 aliphatic rings. The number of hydrogen-bond acceptors (Lipinski definition) is 4. The first kappa shape index (κ1) is 16.7. The molecule has 6 nitrogen and oxygen atoms in total. The van der Waals surface area contributed by atoms with E-state index in [0.717, 1.165) is 64.8 Å². The number of piperidine rings is 1. The minimum Gasteiger partial charge on any atom is -0.480 e. The number of hydrogen-bond donors (Lipinski definition) is 1. The van der Waals surface area contributed by atoms with Crippen molar-refractivity contribution in [1.82, 2.24) is 9.80 Å². The molecule has 2 saturated heterocycles. The predicted molar refractivity (Wildman–Crippen MR) is 85.2 cm³/mol. The van der Waals surface area contributed by atoms with Gasteiger partial charge in [-0.25, -0.2) is 4.79 Å². The molecule has 1 saturated carbocycles. The van der Waals surface area contributed by atoms with E-state index in [1.807, 2.05) is 0 Å². The van der Waals surface area contributed by atoms with Crippen molar-refractivity contribution in [2.45, 2.75) is 62.9 Å². The molecule has 0 aromatic carbocycles. The van der Waals surface area contributed by atoms with Crippen LogP contribution in [0.2, 0.25) is 0 Å². The molecular weight excluding hydrogens is 296 g/mol. The van der Waals surface area contributed by atoms with Gasteiger partial charge in [-0.1, -0.05) is 12.8 Å². The number of ether oxygens (including phenoxy) is 1. The fraction of sp³-hybridized carbons (Fsp3) is 0.882. The average molecular weight is 324 g/mol. The van der Waals surface area contributed by atoms with Crippen LogP contribution in [0.1, 0.15) is 51.4 Å². The van der Waals surface area contributed by atoms with E-state index in [9.17, 15) is 14.7 Å². The molecule has 3 fully saturated rings. The van der Waals surface area contributed by atoms with Gasteiger partial charge in [-0.3, -0.25) is 9.69 Å². The zero-order chi connectivity index (χ0) is 16.3. The van der Waals surface area contributed by atoms with E-state index in [0.29, 0.717) is 19.4 Å². The number of carboxylic acids is 1. The maximum Gasteiger partial charge on any atom is 0.326 e. The van der Waals surface area contributed by atoms with E-state index < -0.39 is 12.0 Å². The van der Waals surface area contributed by atoms with Gasteiger partial charge in [-0.2, -0.15) is 0 Å². The van der Waals surface area contributed by atoms with Gasteiger partial charge in [0.05, 0.1) is 13.2 Å². The highest BCUT2D eigenvalue weighted by atomic mass is 16.5. The number of amides is 1. The Balaban J connectivity index is 1.71. The van der Waals surface area contributed by atoms with Gasteiger partial charge in [0.15, 0.2) is 0 Å². The highest BCUT2D eigenvalue weighted by molar-refractivity contribution is 5.84. The van der Waals surface area contributed by atoms with Gasteiger partial charge in [0.1, 0.15) is 6.04 Å². The minimum atomic E-state index is -0.857. The molecule has 23 heavy (non-hydrogen) atoms. The highest BCUT2D eigenvalue weighted by Crippen LogP contribution is 2.39. The summed E-state index contributed by atoms with van der Waals surface area (Å²) in [5.41, 5.74) is -0.0681. The molecule has 0 aromatic heterocycles. The van der Waals surface area contributed by atoms with Crippen LogP contribution in [0.4, 0.5) is 0 Å². The van der Waals surface area contributed by atoms with Crippen LogP contribution in [0.25, 0.3) is 0 Å². The summed E-state index contributed by atoms with van der Waals surface area (Å²) < 4.78 is 5.46. The van der Waals surface area contributed by atoms with Gasteiger partial charge < -0.3 is 14.7 Å². The van der Waals surface area contributed by atoms with Gasteiger partial charge in [0, 0.05) is 31.6 Å². The quantitative estimate of drug-likeness (QED) is 0.848. The predicted octanol–water partition coefficient (Wildman–Crippen LogP) is 1.49. The second-order valence-electron chi connectivity index (χ2n) is 7.14. The summed E-state index contributed by atoms with van der Waals surface area (Å²) in [6, 6.07) is -0.626. The van der Waals surface area contributed by atoms with Crippen LogP contribution < -0.4 is 0 Å². The number of aliphatic carboxylic acids is 1. The molecule has 2 heterocycles. The van der Waals surface area contributed by atoms with Crippen LogP contribution in [0.3, 0.4) is 0 Å². The fourth-order valence-electron chi connectivity index (χ4n) is 4.55. The maximum absolute atomic E-state index is 12.9. The Morgan fingerprint density at radius 2 is 1.74 bits per heavy atom. The van der Waals surface area contributed by atoms with E-state index >= 15 is 0 Å². The molecule has 1 N–H and O–H groups in total. The third-order valence-corrected chi connectivity index (χ3v) is 5.80. The standard InChI is InChI=1S/C17H28N2O4/c20-15(19-8-4-1-5-14(19)16(21)22)13-17(6-2-3-7-17)18-9-11-23-12-10-18/h14H,1-13H2,(H,21,22). The Kier molecular flexibility index (Phi) is 5.21. The Bertz CT molecular complexity index is 442. The van der Waals surface area contributed by atoms with Crippen molar-refractivity contribution in [3.63, 3.8) is 0 Å². The largest absolute Gasteiger partial charge is 0.480 e. The average Bonchev–Trinajstić information content (AvgIpc) is 3.05. The van der Waals surface area contributed by atoms with Gasteiger partial charge in [0.25, 0.3) is 0 Å². The first-order valence-corrected chi connectivity index (χ1v) is 8.97. The van der Waals surface area contributed by atoms with Crippen molar-refractivity contribution >= 4 is 11.9 Å². The van der Waals surface area contributed by atoms with Crippen LogP contribution in [-0.4, -0.2) is 71.2 Å². The first-order valence-electron chi connectivity index (χ1n) is 8.97. The zero-order valence-electron chi connectivity index (χ0n) is 13.8. The molecule has 2 aliphatic heterocycles. The van der Waals surface area contributed by atoms with Gasteiger partial charge in [0.2, 0.25) is 5.91 Å². The molecule has 0 aromatic rings. The van der Waals surface area contributed by atoms with Crippen LogP contribution in [-0.2, 0) is 14.3 Å².